The minimum absolute atomic E-state index is 0.0603. The van der Waals surface area contributed by atoms with Crippen LogP contribution in [0.1, 0.15) is 13.8 Å². The topological polar surface area (TPSA) is 29.3 Å². The van der Waals surface area contributed by atoms with Gasteiger partial charge < -0.3 is 10.6 Å². The number of rotatable bonds is 5. The van der Waals surface area contributed by atoms with Crippen LogP contribution in [0.25, 0.3) is 0 Å². The largest absolute Gasteiger partial charge is 0.328 e. The van der Waals surface area contributed by atoms with Gasteiger partial charge in [-0.25, -0.2) is 8.78 Å². The van der Waals surface area contributed by atoms with Gasteiger partial charge in [0.2, 0.25) is 0 Å². The molecule has 0 aliphatic rings. The lowest BCUT2D eigenvalue weighted by Gasteiger charge is -2.23. The molecule has 0 heterocycles. The summed E-state index contributed by atoms with van der Waals surface area (Å²) >= 11 is 0. The number of alkyl halides is 2. The van der Waals surface area contributed by atoms with Crippen molar-refractivity contribution in [3.05, 3.63) is 0 Å². The molecule has 0 aromatic heterocycles. The van der Waals surface area contributed by atoms with Gasteiger partial charge in [-0.15, -0.1) is 0 Å². The van der Waals surface area contributed by atoms with E-state index in [9.17, 15) is 8.78 Å². The van der Waals surface area contributed by atoms with E-state index in [1.807, 2.05) is 13.8 Å². The van der Waals surface area contributed by atoms with Crippen molar-refractivity contribution < 1.29 is 8.78 Å². The maximum Gasteiger partial charge on any atom is 0.251 e. The molecule has 0 aliphatic carbocycles. The van der Waals surface area contributed by atoms with E-state index in [0.717, 1.165) is 0 Å². The number of nitrogens with two attached hydrogens (primary N) is 1. The molecule has 4 heteroatoms. The average Bonchev–Trinajstić information content (AvgIpc) is 1.84. The van der Waals surface area contributed by atoms with Gasteiger partial charge in [0.25, 0.3) is 6.43 Å². The van der Waals surface area contributed by atoms with Crippen molar-refractivity contribution in [1.82, 2.24) is 4.90 Å². The predicted molar refractivity (Wildman–Crippen MR) is 46.3 cm³/mol. The molecule has 2 N–H and O–H groups in total. The Labute approximate surface area is 72.7 Å². The smallest absolute Gasteiger partial charge is 0.251 e. The summed E-state index contributed by atoms with van der Waals surface area (Å²) in [5.74, 6) is 0.258. The Balaban J connectivity index is 3.61. The molecular weight excluding hydrogens is 162 g/mol. The highest BCUT2D eigenvalue weighted by molar-refractivity contribution is 4.67. The first-order valence-corrected chi connectivity index (χ1v) is 4.15. The van der Waals surface area contributed by atoms with Gasteiger partial charge in [-0.1, -0.05) is 6.92 Å². The van der Waals surface area contributed by atoms with Gasteiger partial charge in [0.15, 0.2) is 0 Å². The van der Waals surface area contributed by atoms with Crippen LogP contribution in [-0.2, 0) is 0 Å². The third kappa shape index (κ3) is 5.43. The molecule has 0 saturated carbocycles. The third-order valence-electron chi connectivity index (χ3n) is 1.95. The highest BCUT2D eigenvalue weighted by Gasteiger charge is 2.13. The predicted octanol–water partition coefficient (Wildman–Crippen LogP) is 1.17. The minimum Gasteiger partial charge on any atom is -0.328 e. The van der Waals surface area contributed by atoms with Gasteiger partial charge in [-0.3, -0.25) is 0 Å². The zero-order chi connectivity index (χ0) is 9.72. The van der Waals surface area contributed by atoms with E-state index in [-0.39, 0.29) is 18.5 Å². The summed E-state index contributed by atoms with van der Waals surface area (Å²) in [6.07, 6.45) is -2.25. The van der Waals surface area contributed by atoms with Gasteiger partial charge in [0, 0.05) is 12.6 Å². The van der Waals surface area contributed by atoms with Gasteiger partial charge in [-0.05, 0) is 19.9 Å². The maximum absolute atomic E-state index is 11.9. The fourth-order valence-electron chi connectivity index (χ4n) is 0.968. The monoisotopic (exact) mass is 180 g/mol. The molecule has 0 spiro atoms. The zero-order valence-electron chi connectivity index (χ0n) is 7.93. The summed E-state index contributed by atoms with van der Waals surface area (Å²) in [6.45, 7) is 4.31. The number of halogens is 2. The van der Waals surface area contributed by atoms with E-state index in [0.29, 0.717) is 6.54 Å². The first-order valence-electron chi connectivity index (χ1n) is 4.15. The Morgan fingerprint density at radius 1 is 1.25 bits per heavy atom. The van der Waals surface area contributed by atoms with Crippen molar-refractivity contribution >= 4 is 0 Å². The summed E-state index contributed by atoms with van der Waals surface area (Å²) in [5.41, 5.74) is 5.60. The summed E-state index contributed by atoms with van der Waals surface area (Å²) in [5, 5.41) is 0. The highest BCUT2D eigenvalue weighted by atomic mass is 19.3. The molecule has 0 fully saturated rings. The molecule has 0 radical (unpaired) electrons. The Morgan fingerprint density at radius 2 is 1.75 bits per heavy atom. The number of nitrogens with zero attached hydrogens (tertiary/aromatic N) is 1. The lowest BCUT2D eigenvalue weighted by molar-refractivity contribution is 0.0928. The van der Waals surface area contributed by atoms with E-state index in [1.165, 1.54) is 0 Å². The fraction of sp³-hybridized carbons (Fsp3) is 1.00. The van der Waals surface area contributed by atoms with Crippen LogP contribution in [0.3, 0.4) is 0 Å². The zero-order valence-corrected chi connectivity index (χ0v) is 7.93. The molecule has 0 amide bonds. The van der Waals surface area contributed by atoms with Crippen molar-refractivity contribution in [2.24, 2.45) is 11.7 Å². The molecule has 0 saturated heterocycles. The maximum atomic E-state index is 11.9. The molecule has 74 valence electrons. The van der Waals surface area contributed by atoms with Crippen LogP contribution in [-0.4, -0.2) is 37.5 Å². The Morgan fingerprint density at radius 3 is 2.08 bits per heavy atom. The van der Waals surface area contributed by atoms with Crippen molar-refractivity contribution in [2.75, 3.05) is 20.1 Å². The lowest BCUT2D eigenvalue weighted by atomic mass is 10.0. The Bertz CT molecular complexity index is 118. The van der Waals surface area contributed by atoms with Crippen LogP contribution in [0.4, 0.5) is 8.78 Å². The third-order valence-corrected chi connectivity index (χ3v) is 1.95. The van der Waals surface area contributed by atoms with Gasteiger partial charge >= 0.3 is 0 Å². The van der Waals surface area contributed by atoms with Crippen molar-refractivity contribution in [3.63, 3.8) is 0 Å². The van der Waals surface area contributed by atoms with E-state index < -0.39 is 6.43 Å². The second-order valence-electron chi connectivity index (χ2n) is 3.45. The molecule has 12 heavy (non-hydrogen) atoms. The summed E-state index contributed by atoms with van der Waals surface area (Å²) in [4.78, 5) is 1.61. The minimum atomic E-state index is -2.25. The first kappa shape index (κ1) is 11.8. The van der Waals surface area contributed by atoms with Gasteiger partial charge in [0.1, 0.15) is 0 Å². The molecule has 0 aliphatic heterocycles. The lowest BCUT2D eigenvalue weighted by Crippen LogP contribution is -2.36. The fourth-order valence-corrected chi connectivity index (χ4v) is 0.968. The van der Waals surface area contributed by atoms with Gasteiger partial charge in [0.05, 0.1) is 6.54 Å². The number of hydrogen-bond donors (Lipinski definition) is 1. The standard InChI is InChI=1S/C8H18F2N2/c1-6(7(2)11)4-12(3)5-8(9)10/h6-8H,4-5,11H2,1-3H3. The van der Waals surface area contributed by atoms with Crippen molar-refractivity contribution in [2.45, 2.75) is 26.3 Å². The molecule has 0 rings (SSSR count). The van der Waals surface area contributed by atoms with Crippen molar-refractivity contribution in [3.8, 4) is 0 Å². The number of hydrogen-bond acceptors (Lipinski definition) is 2. The SMILES string of the molecule is CC(N)C(C)CN(C)CC(F)F. The summed E-state index contributed by atoms with van der Waals surface area (Å²) in [7, 11) is 1.69. The van der Waals surface area contributed by atoms with E-state index in [4.69, 9.17) is 5.73 Å². The molecule has 0 bridgehead atoms. The first-order chi connectivity index (χ1) is 5.43. The molecule has 2 unspecified atom stereocenters. The van der Waals surface area contributed by atoms with Crippen LogP contribution in [0.15, 0.2) is 0 Å². The average molecular weight is 180 g/mol. The van der Waals surface area contributed by atoms with Crippen LogP contribution >= 0.6 is 0 Å². The van der Waals surface area contributed by atoms with Crippen LogP contribution in [0, 0.1) is 5.92 Å². The normalized spacial score (nSPS) is 17.0. The molecular formula is C8H18F2N2. The van der Waals surface area contributed by atoms with Crippen LogP contribution in [0.5, 0.6) is 0 Å². The van der Waals surface area contributed by atoms with Gasteiger partial charge in [-0.2, -0.15) is 0 Å². The summed E-state index contributed by atoms with van der Waals surface area (Å²) < 4.78 is 23.7. The Kier molecular flexibility index (Phi) is 5.33. The second kappa shape index (κ2) is 5.43. The van der Waals surface area contributed by atoms with Crippen molar-refractivity contribution in [1.29, 1.82) is 0 Å². The molecule has 2 atom stereocenters. The van der Waals surface area contributed by atoms with E-state index >= 15 is 0 Å². The van der Waals surface area contributed by atoms with Crippen LogP contribution < -0.4 is 5.73 Å². The summed E-state index contributed by atoms with van der Waals surface area (Å²) in [6, 6.07) is 0.0603. The molecule has 2 nitrogen and oxygen atoms in total. The van der Waals surface area contributed by atoms with E-state index in [1.54, 1.807) is 11.9 Å². The molecule has 0 aromatic carbocycles. The van der Waals surface area contributed by atoms with E-state index in [2.05, 4.69) is 0 Å². The highest BCUT2D eigenvalue weighted by Crippen LogP contribution is 2.03. The molecule has 0 aromatic rings. The van der Waals surface area contributed by atoms with Crippen LogP contribution in [0.2, 0.25) is 0 Å². The quantitative estimate of drug-likeness (QED) is 0.688. The second-order valence-corrected chi connectivity index (χ2v) is 3.45. The Hall–Kier alpha value is -0.220.